The van der Waals surface area contributed by atoms with Crippen LogP contribution >= 0.6 is 34.9 Å². The molecule has 5 N–H and O–H groups in total. The first kappa shape index (κ1) is 24.8. The van der Waals surface area contributed by atoms with E-state index in [0.29, 0.717) is 5.16 Å². The minimum absolute atomic E-state index is 0.0220. The van der Waals surface area contributed by atoms with E-state index in [9.17, 15) is 19.5 Å². The van der Waals surface area contributed by atoms with Gasteiger partial charge in [-0.3, -0.25) is 14.4 Å². The molecule has 0 spiro atoms. The van der Waals surface area contributed by atoms with Gasteiger partial charge in [0, 0.05) is 23.4 Å². The number of aromatic nitrogens is 5. The summed E-state index contributed by atoms with van der Waals surface area (Å²) >= 11 is 3.67. The Bertz CT molecular complexity index is 1170. The van der Waals surface area contributed by atoms with Crippen LogP contribution in [-0.2, 0) is 19.2 Å². The molecule has 192 valence electrons. The second kappa shape index (κ2) is 10.2. The lowest BCUT2D eigenvalue weighted by Crippen LogP contribution is -2.74. The van der Waals surface area contributed by atoms with E-state index in [-0.39, 0.29) is 52.0 Å². The number of carboxylic acids is 1. The Morgan fingerprint density at radius 2 is 2.22 bits per heavy atom. The molecule has 0 aromatic carbocycles. The van der Waals surface area contributed by atoms with Crippen LogP contribution in [0.15, 0.2) is 15.7 Å². The van der Waals surface area contributed by atoms with Crippen molar-refractivity contribution in [2.45, 2.75) is 48.4 Å². The topological polar surface area (TPSA) is 202 Å². The number of thiazole rings is 1. The van der Waals surface area contributed by atoms with Crippen LogP contribution in [0.1, 0.15) is 31.4 Å². The van der Waals surface area contributed by atoms with Gasteiger partial charge in [0.15, 0.2) is 10.8 Å². The van der Waals surface area contributed by atoms with E-state index in [4.69, 9.17) is 10.6 Å². The Balaban J connectivity index is 1.25. The number of hydrogen-bond donors (Lipinski definition) is 4. The lowest BCUT2D eigenvalue weighted by molar-refractivity contribution is -0.157. The summed E-state index contributed by atoms with van der Waals surface area (Å²) in [6.07, 6.45) is 3.75. The number of nitrogens with zero attached hydrogens (tertiary/aromatic N) is 6. The molecule has 5 rings (SSSR count). The van der Waals surface area contributed by atoms with E-state index in [1.54, 1.807) is 5.38 Å². The fraction of sp³-hybridized carbons (Fsp3) is 0.579. The molecule has 3 fully saturated rings. The third-order valence-electron chi connectivity index (χ3n) is 6.27. The summed E-state index contributed by atoms with van der Waals surface area (Å²) in [7, 11) is 0. The van der Waals surface area contributed by atoms with Gasteiger partial charge in [0.1, 0.15) is 28.6 Å². The van der Waals surface area contributed by atoms with Crippen LogP contribution in [0.25, 0.3) is 0 Å². The van der Waals surface area contributed by atoms with E-state index >= 15 is 0 Å². The van der Waals surface area contributed by atoms with Gasteiger partial charge in [0.25, 0.3) is 5.91 Å². The molecule has 0 bridgehead atoms. The summed E-state index contributed by atoms with van der Waals surface area (Å²) in [5, 5.41) is 32.0. The van der Waals surface area contributed by atoms with Gasteiger partial charge in [-0.05, 0) is 36.1 Å². The molecule has 4 heterocycles. The van der Waals surface area contributed by atoms with Crippen molar-refractivity contribution < 1.29 is 24.3 Å². The summed E-state index contributed by atoms with van der Waals surface area (Å²) in [5.74, 6) is -1.52. The number of hydrogen-bond acceptors (Lipinski definition) is 13. The van der Waals surface area contributed by atoms with Crippen molar-refractivity contribution in [3.05, 3.63) is 11.1 Å². The van der Waals surface area contributed by atoms with Crippen LogP contribution in [0.2, 0.25) is 0 Å². The highest BCUT2D eigenvalue weighted by Gasteiger charge is 2.57. The molecule has 17 heteroatoms. The molecule has 14 nitrogen and oxygen atoms in total. The number of carbonyl (C=O) groups is 3. The number of anilines is 1. The van der Waals surface area contributed by atoms with Crippen molar-refractivity contribution in [1.29, 1.82) is 0 Å². The molecule has 2 aromatic rings. The van der Waals surface area contributed by atoms with Crippen molar-refractivity contribution in [2.75, 3.05) is 23.8 Å². The monoisotopic (exact) mass is 553 g/mol. The third kappa shape index (κ3) is 4.86. The van der Waals surface area contributed by atoms with Crippen molar-refractivity contribution in [3.63, 3.8) is 0 Å². The first-order valence-electron chi connectivity index (χ1n) is 11.1. The van der Waals surface area contributed by atoms with Gasteiger partial charge in [-0.25, -0.2) is 10.1 Å². The molecule has 0 radical (unpaired) electrons. The zero-order chi connectivity index (χ0) is 25.3. The van der Waals surface area contributed by atoms with E-state index in [0.717, 1.165) is 25.7 Å². The van der Waals surface area contributed by atoms with Crippen LogP contribution in [-0.4, -0.2) is 94.7 Å². The number of rotatable bonds is 9. The Hall–Kier alpha value is -2.92. The van der Waals surface area contributed by atoms with Crippen molar-refractivity contribution >= 4 is 63.5 Å². The minimum Gasteiger partial charge on any atom is -0.481 e. The van der Waals surface area contributed by atoms with Crippen molar-refractivity contribution in [1.82, 2.24) is 35.8 Å². The number of amides is 2. The number of carboxylic acid groups (broad SMARTS) is 1. The smallest absolute Gasteiger partial charge is 0.313 e. The number of nitrogens with one attached hydrogen (secondary N) is 2. The van der Waals surface area contributed by atoms with E-state index < -0.39 is 23.3 Å². The zero-order valence-electron chi connectivity index (χ0n) is 18.8. The maximum atomic E-state index is 13.2. The number of oxime groups is 1. The molecular weight excluding hydrogens is 530 g/mol. The highest BCUT2D eigenvalue weighted by molar-refractivity contribution is 8.00. The normalized spacial score (nSPS) is 26.4. The van der Waals surface area contributed by atoms with Crippen LogP contribution in [0.4, 0.5) is 5.13 Å². The average Bonchev–Trinajstić information content (AvgIpc) is 3.65. The minimum atomic E-state index is -1.18. The number of fused-ring (bicyclic) bond motifs is 1. The summed E-state index contributed by atoms with van der Waals surface area (Å²) in [5.41, 5.74) is 4.80. The number of aliphatic carboxylic acids is 1. The molecule has 3 atom stereocenters. The number of aromatic amines is 1. The van der Waals surface area contributed by atoms with Crippen LogP contribution < -0.4 is 11.1 Å². The summed E-state index contributed by atoms with van der Waals surface area (Å²) < 4.78 is 0. The number of nitrogens with two attached hydrogens (primary N) is 1. The molecule has 36 heavy (non-hydrogen) atoms. The van der Waals surface area contributed by atoms with Gasteiger partial charge >= 0.3 is 5.97 Å². The number of nitrogen functional groups attached to an aromatic ring is 1. The van der Waals surface area contributed by atoms with Gasteiger partial charge in [0.2, 0.25) is 11.1 Å². The van der Waals surface area contributed by atoms with Crippen molar-refractivity contribution in [2.24, 2.45) is 10.6 Å². The SMILES string of the molecule is Nc1nc(C(=NOC2CCCC2)C(=O)NC2C(=O)N3CC(CSc4nnn[nH]4)(C(=O)O)CS[C@H]23)cs1. The van der Waals surface area contributed by atoms with E-state index in [2.05, 4.69) is 36.1 Å². The van der Waals surface area contributed by atoms with Crippen LogP contribution in [0.3, 0.4) is 0 Å². The van der Waals surface area contributed by atoms with Gasteiger partial charge in [-0.1, -0.05) is 16.9 Å². The fourth-order valence-electron chi connectivity index (χ4n) is 4.26. The standard InChI is InChI=1S/C19H23N9O5S3/c20-17-21-10(5-34-17)11(25-33-9-3-1-2-4-9)13(29)22-12-14(30)28-6-19(16(31)32,7-35-15(12)28)8-36-18-23-26-27-24-18/h5,9,12,15H,1-4,6-8H2,(H2,20,21)(H,22,29)(H,31,32)(H,23,24,26,27)/t12?,15-,19?/m1/s1. The average molecular weight is 554 g/mol. The predicted octanol–water partition coefficient (Wildman–Crippen LogP) is 0.165. The van der Waals surface area contributed by atoms with Gasteiger partial charge < -0.3 is 25.9 Å². The first-order chi connectivity index (χ1) is 17.4. The number of H-pyrrole nitrogens is 1. The molecule has 2 unspecified atom stereocenters. The molecule has 3 aliphatic rings. The van der Waals surface area contributed by atoms with Gasteiger partial charge in [-0.2, -0.15) is 0 Å². The Morgan fingerprint density at radius 1 is 1.42 bits per heavy atom. The second-order valence-electron chi connectivity index (χ2n) is 8.72. The van der Waals surface area contributed by atoms with Gasteiger partial charge in [0.05, 0.1) is 0 Å². The molecule has 1 saturated carbocycles. The van der Waals surface area contributed by atoms with Crippen LogP contribution in [0.5, 0.6) is 0 Å². The Morgan fingerprint density at radius 3 is 2.89 bits per heavy atom. The summed E-state index contributed by atoms with van der Waals surface area (Å²) in [6.45, 7) is 0.0220. The summed E-state index contributed by atoms with van der Waals surface area (Å²) in [6, 6.07) is -0.812. The second-order valence-corrected chi connectivity index (χ2v) is 11.7. The zero-order valence-corrected chi connectivity index (χ0v) is 21.3. The lowest BCUT2D eigenvalue weighted by Gasteiger charge is -2.53. The van der Waals surface area contributed by atoms with E-state index in [1.165, 1.54) is 39.8 Å². The maximum Gasteiger partial charge on any atom is 0.313 e. The van der Waals surface area contributed by atoms with Gasteiger partial charge in [-0.15, -0.1) is 28.2 Å². The molecule has 1 aliphatic carbocycles. The Kier molecular flexibility index (Phi) is 7.03. The van der Waals surface area contributed by atoms with Crippen LogP contribution in [0, 0.1) is 5.41 Å². The number of β-lactam (4-membered cyclic amide) rings is 1. The molecule has 2 saturated heterocycles. The fourth-order valence-corrected chi connectivity index (χ4v) is 7.40. The lowest BCUT2D eigenvalue weighted by atomic mass is 9.89. The third-order valence-corrected chi connectivity index (χ3v) is 9.68. The van der Waals surface area contributed by atoms with E-state index in [1.807, 2.05) is 0 Å². The number of tetrazole rings is 1. The molecule has 2 amide bonds. The maximum absolute atomic E-state index is 13.2. The molecule has 2 aliphatic heterocycles. The van der Waals surface area contributed by atoms with Crippen molar-refractivity contribution in [3.8, 4) is 0 Å². The largest absolute Gasteiger partial charge is 0.481 e. The Labute approximate surface area is 217 Å². The number of carbonyl (C=O) groups excluding carboxylic acids is 2. The summed E-state index contributed by atoms with van der Waals surface area (Å²) in [4.78, 5) is 49.5. The molecular formula is C19H23N9O5S3. The highest BCUT2D eigenvalue weighted by atomic mass is 32.2. The number of thioether (sulfide) groups is 2. The quantitative estimate of drug-likeness (QED) is 0.142. The molecule has 2 aromatic heterocycles. The highest BCUT2D eigenvalue weighted by Crippen LogP contribution is 2.44. The first-order valence-corrected chi connectivity index (χ1v) is 14.1. The predicted molar refractivity (Wildman–Crippen MR) is 131 cm³/mol.